The Morgan fingerprint density at radius 3 is 3.00 bits per heavy atom. The van der Waals surface area contributed by atoms with E-state index >= 15 is 0 Å². The molecule has 1 unspecified atom stereocenters. The van der Waals surface area contributed by atoms with Crippen LogP contribution >= 0.6 is 0 Å². The SMILES string of the molecule is CCc1ocnc1C(=O)N1CCCC1/C=C/c1ccccc1. The number of benzene rings is 1. The molecule has 1 aromatic carbocycles. The van der Waals surface area contributed by atoms with E-state index in [9.17, 15) is 4.79 Å². The topological polar surface area (TPSA) is 46.3 Å². The number of aromatic nitrogens is 1. The van der Waals surface area contributed by atoms with Gasteiger partial charge in [-0.05, 0) is 18.4 Å². The van der Waals surface area contributed by atoms with Crippen molar-refractivity contribution in [3.63, 3.8) is 0 Å². The second-order valence-electron chi connectivity index (χ2n) is 5.46. The quantitative estimate of drug-likeness (QED) is 0.866. The zero-order valence-corrected chi connectivity index (χ0v) is 12.7. The van der Waals surface area contributed by atoms with Crippen molar-refractivity contribution in [2.24, 2.45) is 0 Å². The maximum Gasteiger partial charge on any atom is 0.276 e. The van der Waals surface area contributed by atoms with E-state index in [0.29, 0.717) is 17.9 Å². The Bertz CT molecular complexity index is 661. The Balaban J connectivity index is 1.76. The number of hydrogen-bond donors (Lipinski definition) is 0. The molecule has 1 saturated heterocycles. The molecule has 1 aliphatic heterocycles. The predicted molar refractivity (Wildman–Crippen MR) is 85.4 cm³/mol. The van der Waals surface area contributed by atoms with Gasteiger partial charge in [0.1, 0.15) is 5.76 Å². The fourth-order valence-electron chi connectivity index (χ4n) is 2.86. The lowest BCUT2D eigenvalue weighted by atomic mass is 10.1. The molecule has 1 fully saturated rings. The first-order chi connectivity index (χ1) is 10.8. The molecule has 0 bridgehead atoms. The molecule has 2 aromatic rings. The average Bonchev–Trinajstić information content (AvgIpc) is 3.22. The molecule has 1 amide bonds. The largest absolute Gasteiger partial charge is 0.448 e. The van der Waals surface area contributed by atoms with Gasteiger partial charge >= 0.3 is 0 Å². The number of carbonyl (C=O) groups excluding carboxylic acids is 1. The zero-order valence-electron chi connectivity index (χ0n) is 12.7. The van der Waals surface area contributed by atoms with Crippen molar-refractivity contribution in [2.75, 3.05) is 6.54 Å². The summed E-state index contributed by atoms with van der Waals surface area (Å²) in [6.45, 7) is 2.74. The standard InChI is InChI=1S/C18H20N2O2/c1-2-16-17(19-13-22-16)18(21)20-12-6-9-15(20)11-10-14-7-4-3-5-8-14/h3-5,7-8,10-11,13,15H,2,6,9,12H2,1H3/b11-10+. The van der Waals surface area contributed by atoms with Crippen LogP contribution in [0.1, 0.15) is 41.6 Å². The van der Waals surface area contributed by atoms with E-state index in [0.717, 1.165) is 24.9 Å². The molecule has 1 aromatic heterocycles. The highest BCUT2D eigenvalue weighted by Crippen LogP contribution is 2.23. The van der Waals surface area contributed by atoms with Gasteiger partial charge in [-0.2, -0.15) is 0 Å². The molecule has 0 N–H and O–H groups in total. The Labute approximate surface area is 130 Å². The van der Waals surface area contributed by atoms with Crippen molar-refractivity contribution >= 4 is 12.0 Å². The minimum Gasteiger partial charge on any atom is -0.448 e. The van der Waals surface area contributed by atoms with Gasteiger partial charge in [-0.1, -0.05) is 49.4 Å². The van der Waals surface area contributed by atoms with Crippen LogP contribution in [0.4, 0.5) is 0 Å². The van der Waals surface area contributed by atoms with Gasteiger partial charge in [0.25, 0.3) is 5.91 Å². The number of carbonyl (C=O) groups is 1. The lowest BCUT2D eigenvalue weighted by Gasteiger charge is -2.21. The lowest BCUT2D eigenvalue weighted by Crippen LogP contribution is -2.35. The Morgan fingerprint density at radius 2 is 2.23 bits per heavy atom. The van der Waals surface area contributed by atoms with Crippen molar-refractivity contribution in [3.8, 4) is 0 Å². The van der Waals surface area contributed by atoms with E-state index in [1.165, 1.54) is 6.39 Å². The first kappa shape index (κ1) is 14.6. The molecule has 2 heterocycles. The molecule has 4 nitrogen and oxygen atoms in total. The minimum atomic E-state index is -0.0224. The van der Waals surface area contributed by atoms with E-state index in [2.05, 4.69) is 29.3 Å². The third-order valence-electron chi connectivity index (χ3n) is 4.04. The van der Waals surface area contributed by atoms with Crippen molar-refractivity contribution in [1.29, 1.82) is 0 Å². The van der Waals surface area contributed by atoms with Gasteiger partial charge in [0.05, 0.1) is 6.04 Å². The van der Waals surface area contributed by atoms with Crippen LogP contribution in [-0.4, -0.2) is 28.4 Å². The van der Waals surface area contributed by atoms with Crippen molar-refractivity contribution in [1.82, 2.24) is 9.88 Å². The summed E-state index contributed by atoms with van der Waals surface area (Å²) in [5.41, 5.74) is 1.61. The van der Waals surface area contributed by atoms with Crippen molar-refractivity contribution in [3.05, 3.63) is 59.8 Å². The zero-order chi connectivity index (χ0) is 15.4. The summed E-state index contributed by atoms with van der Waals surface area (Å²) in [5.74, 6) is 0.647. The molecular formula is C18H20N2O2. The number of nitrogens with zero attached hydrogens (tertiary/aromatic N) is 2. The predicted octanol–water partition coefficient (Wildman–Crippen LogP) is 3.56. The fraction of sp³-hybridized carbons (Fsp3) is 0.333. The van der Waals surface area contributed by atoms with E-state index in [-0.39, 0.29) is 11.9 Å². The Hall–Kier alpha value is -2.36. The molecular weight excluding hydrogens is 276 g/mol. The number of oxazole rings is 1. The summed E-state index contributed by atoms with van der Waals surface area (Å²) < 4.78 is 5.28. The number of hydrogen-bond acceptors (Lipinski definition) is 3. The van der Waals surface area contributed by atoms with Crippen LogP contribution in [0.2, 0.25) is 0 Å². The summed E-state index contributed by atoms with van der Waals surface area (Å²) in [5, 5.41) is 0. The average molecular weight is 296 g/mol. The normalized spacial score (nSPS) is 18.2. The third-order valence-corrected chi connectivity index (χ3v) is 4.04. The highest BCUT2D eigenvalue weighted by Gasteiger charge is 2.30. The van der Waals surface area contributed by atoms with Gasteiger partial charge in [0, 0.05) is 13.0 Å². The van der Waals surface area contributed by atoms with Gasteiger partial charge in [-0.25, -0.2) is 4.98 Å². The summed E-state index contributed by atoms with van der Waals surface area (Å²) in [6.07, 6.45) is 8.26. The Kier molecular flexibility index (Phi) is 4.37. The smallest absolute Gasteiger partial charge is 0.276 e. The van der Waals surface area contributed by atoms with E-state index in [1.807, 2.05) is 30.0 Å². The van der Waals surface area contributed by atoms with Gasteiger partial charge in [-0.3, -0.25) is 4.79 Å². The number of likely N-dealkylation sites (tertiary alicyclic amines) is 1. The van der Waals surface area contributed by atoms with Gasteiger partial charge in [-0.15, -0.1) is 0 Å². The van der Waals surface area contributed by atoms with E-state index in [4.69, 9.17) is 4.42 Å². The molecule has 0 aliphatic carbocycles. The number of amides is 1. The molecule has 0 radical (unpaired) electrons. The van der Waals surface area contributed by atoms with Crippen LogP contribution in [0.3, 0.4) is 0 Å². The van der Waals surface area contributed by atoms with Crippen LogP contribution in [0.15, 0.2) is 47.2 Å². The first-order valence-electron chi connectivity index (χ1n) is 7.76. The molecule has 114 valence electrons. The minimum absolute atomic E-state index is 0.0224. The van der Waals surface area contributed by atoms with Crippen molar-refractivity contribution < 1.29 is 9.21 Å². The lowest BCUT2D eigenvalue weighted by molar-refractivity contribution is 0.0754. The summed E-state index contributed by atoms with van der Waals surface area (Å²) in [7, 11) is 0. The first-order valence-corrected chi connectivity index (χ1v) is 7.76. The number of aryl methyl sites for hydroxylation is 1. The van der Waals surface area contributed by atoms with Crippen molar-refractivity contribution in [2.45, 2.75) is 32.2 Å². The van der Waals surface area contributed by atoms with Crippen LogP contribution in [0.5, 0.6) is 0 Å². The molecule has 1 aliphatic rings. The van der Waals surface area contributed by atoms with Gasteiger partial charge in [0.15, 0.2) is 12.1 Å². The summed E-state index contributed by atoms with van der Waals surface area (Å²) in [6, 6.07) is 10.3. The summed E-state index contributed by atoms with van der Waals surface area (Å²) in [4.78, 5) is 18.7. The third kappa shape index (κ3) is 2.96. The van der Waals surface area contributed by atoms with Gasteiger partial charge < -0.3 is 9.32 Å². The molecule has 4 heteroatoms. The molecule has 1 atom stereocenters. The maximum atomic E-state index is 12.7. The fourth-order valence-corrected chi connectivity index (χ4v) is 2.86. The van der Waals surface area contributed by atoms with Crippen LogP contribution in [0, 0.1) is 0 Å². The maximum absolute atomic E-state index is 12.7. The second kappa shape index (κ2) is 6.60. The van der Waals surface area contributed by atoms with Gasteiger partial charge in [0.2, 0.25) is 0 Å². The second-order valence-corrected chi connectivity index (χ2v) is 5.46. The Morgan fingerprint density at radius 1 is 1.41 bits per heavy atom. The van der Waals surface area contributed by atoms with E-state index in [1.54, 1.807) is 0 Å². The van der Waals surface area contributed by atoms with E-state index < -0.39 is 0 Å². The molecule has 3 rings (SSSR count). The molecule has 0 saturated carbocycles. The van der Waals surface area contributed by atoms with Crippen LogP contribution < -0.4 is 0 Å². The number of rotatable bonds is 4. The molecule has 0 spiro atoms. The highest BCUT2D eigenvalue weighted by atomic mass is 16.3. The highest BCUT2D eigenvalue weighted by molar-refractivity contribution is 5.93. The summed E-state index contributed by atoms with van der Waals surface area (Å²) >= 11 is 0. The van der Waals surface area contributed by atoms with Crippen LogP contribution in [-0.2, 0) is 6.42 Å². The monoisotopic (exact) mass is 296 g/mol. The van der Waals surface area contributed by atoms with Crippen LogP contribution in [0.25, 0.3) is 6.08 Å². The molecule has 22 heavy (non-hydrogen) atoms.